The number of aromatic amines is 1. The van der Waals surface area contributed by atoms with Gasteiger partial charge >= 0.3 is 0 Å². The van der Waals surface area contributed by atoms with Gasteiger partial charge in [-0.15, -0.1) is 11.3 Å². The van der Waals surface area contributed by atoms with E-state index < -0.39 is 0 Å². The number of thiophene rings is 1. The third-order valence-corrected chi connectivity index (χ3v) is 8.05. The number of aryl methyl sites for hydroxylation is 2. The Balaban J connectivity index is 1.57. The zero-order valence-corrected chi connectivity index (χ0v) is 17.3. The third-order valence-electron chi connectivity index (χ3n) is 5.91. The Morgan fingerprint density at radius 2 is 2.07 bits per heavy atom. The summed E-state index contributed by atoms with van der Waals surface area (Å²) in [7, 11) is 0. The molecule has 1 saturated carbocycles. The lowest BCUT2D eigenvalue weighted by Gasteiger charge is -2.18. The first-order valence-corrected chi connectivity index (χ1v) is 11.9. The van der Waals surface area contributed by atoms with Gasteiger partial charge in [0.1, 0.15) is 4.83 Å². The summed E-state index contributed by atoms with van der Waals surface area (Å²) >= 11 is 3.09. The van der Waals surface area contributed by atoms with E-state index in [1.54, 1.807) is 23.6 Å². The van der Waals surface area contributed by atoms with E-state index >= 15 is 0 Å². The lowest BCUT2D eigenvalue weighted by molar-refractivity contribution is 0.101. The molecule has 3 aromatic heterocycles. The highest BCUT2D eigenvalue weighted by molar-refractivity contribution is 7.99. The maximum Gasteiger partial charge on any atom is 0.263 e. The van der Waals surface area contributed by atoms with Crippen molar-refractivity contribution < 1.29 is 4.79 Å². The molecule has 1 N–H and O–H groups in total. The third kappa shape index (κ3) is 3.14. The molecule has 0 radical (unpaired) electrons. The summed E-state index contributed by atoms with van der Waals surface area (Å²) in [5.41, 5.74) is 1.97. The predicted octanol–water partition coefficient (Wildman–Crippen LogP) is 4.76. The summed E-state index contributed by atoms with van der Waals surface area (Å²) in [5, 5.41) is 1.56. The first-order valence-electron chi connectivity index (χ1n) is 10.1. The van der Waals surface area contributed by atoms with Gasteiger partial charge in [0.05, 0.1) is 16.8 Å². The van der Waals surface area contributed by atoms with Crippen molar-refractivity contribution in [2.45, 2.75) is 62.6 Å². The van der Waals surface area contributed by atoms with Gasteiger partial charge in [0.25, 0.3) is 5.56 Å². The minimum absolute atomic E-state index is 0.0350. The average molecular weight is 414 g/mol. The summed E-state index contributed by atoms with van der Waals surface area (Å²) in [4.78, 5) is 36.1. The highest BCUT2D eigenvalue weighted by Crippen LogP contribution is 2.37. The number of nitrogens with zero attached hydrogens (tertiary/aromatic N) is 2. The Kier molecular flexibility index (Phi) is 4.88. The molecule has 1 fully saturated rings. The molecule has 0 aromatic carbocycles. The molecule has 2 aliphatic rings. The second-order valence-corrected chi connectivity index (χ2v) is 9.72. The van der Waals surface area contributed by atoms with Crippen LogP contribution in [0.4, 0.5) is 0 Å². The average Bonchev–Trinajstić information content (AvgIpc) is 3.46. The smallest absolute Gasteiger partial charge is 0.263 e. The predicted molar refractivity (Wildman–Crippen MR) is 114 cm³/mol. The number of Topliss-reactive ketones (excluding diaryl/α,β-unsaturated/α-hetero) is 1. The number of aromatic nitrogens is 3. The molecule has 5 rings (SSSR count). The van der Waals surface area contributed by atoms with E-state index in [0.717, 1.165) is 55.2 Å². The van der Waals surface area contributed by atoms with Crippen molar-refractivity contribution >= 4 is 39.1 Å². The molecule has 0 amide bonds. The number of thioether (sulfide) groups is 1. The van der Waals surface area contributed by atoms with Crippen LogP contribution in [0.2, 0.25) is 0 Å². The fourth-order valence-electron chi connectivity index (χ4n) is 4.50. The minimum atomic E-state index is 0.0350. The Morgan fingerprint density at radius 1 is 1.25 bits per heavy atom. The molecular formula is C21H23N3O2S2. The molecule has 3 aromatic rings. The van der Waals surface area contributed by atoms with Gasteiger partial charge in [0.15, 0.2) is 10.9 Å². The standard InChI is InChI=1S/C21H23N3O2S2/c25-16(15-9-5-11-22-15)12-27-21-23-19-18(14-8-3-4-10-17(14)28-19)20(26)24(21)13-6-1-2-7-13/h5,9,11,13,22H,1-4,6-8,10,12H2. The van der Waals surface area contributed by atoms with Gasteiger partial charge in [-0.1, -0.05) is 24.6 Å². The van der Waals surface area contributed by atoms with Crippen LogP contribution in [-0.2, 0) is 12.8 Å². The Labute approximate surface area is 171 Å². The van der Waals surface area contributed by atoms with E-state index in [4.69, 9.17) is 4.98 Å². The van der Waals surface area contributed by atoms with Crippen LogP contribution >= 0.6 is 23.1 Å². The molecule has 0 bridgehead atoms. The molecule has 0 saturated heterocycles. The quantitative estimate of drug-likeness (QED) is 0.372. The molecule has 146 valence electrons. The van der Waals surface area contributed by atoms with Crippen LogP contribution in [0.25, 0.3) is 10.2 Å². The van der Waals surface area contributed by atoms with Crippen LogP contribution in [0.1, 0.15) is 65.5 Å². The summed E-state index contributed by atoms with van der Waals surface area (Å²) in [6, 6.07) is 3.83. The van der Waals surface area contributed by atoms with Gasteiger partial charge in [-0.05, 0) is 56.2 Å². The Hall–Kier alpha value is -1.86. The molecular weight excluding hydrogens is 390 g/mol. The van der Waals surface area contributed by atoms with Gasteiger partial charge in [-0.25, -0.2) is 4.98 Å². The highest BCUT2D eigenvalue weighted by Gasteiger charge is 2.27. The van der Waals surface area contributed by atoms with Crippen molar-refractivity contribution in [3.05, 3.63) is 44.8 Å². The number of carbonyl (C=O) groups excluding carboxylic acids is 1. The van der Waals surface area contributed by atoms with Crippen molar-refractivity contribution in [3.8, 4) is 0 Å². The molecule has 0 atom stereocenters. The zero-order chi connectivity index (χ0) is 19.1. The normalized spacial score (nSPS) is 17.3. The number of H-pyrrole nitrogens is 1. The largest absolute Gasteiger partial charge is 0.359 e. The van der Waals surface area contributed by atoms with Crippen LogP contribution in [0.15, 0.2) is 28.3 Å². The van der Waals surface area contributed by atoms with Crippen molar-refractivity contribution in [2.75, 3.05) is 5.75 Å². The van der Waals surface area contributed by atoms with Gasteiger partial charge in [-0.2, -0.15) is 0 Å². The highest BCUT2D eigenvalue weighted by atomic mass is 32.2. The van der Waals surface area contributed by atoms with Crippen molar-refractivity contribution in [3.63, 3.8) is 0 Å². The summed E-state index contributed by atoms with van der Waals surface area (Å²) in [6.45, 7) is 0. The molecule has 28 heavy (non-hydrogen) atoms. The number of fused-ring (bicyclic) bond motifs is 3. The van der Waals surface area contributed by atoms with Crippen molar-refractivity contribution in [2.24, 2.45) is 0 Å². The van der Waals surface area contributed by atoms with E-state index in [1.807, 2.05) is 10.6 Å². The molecule has 2 aliphatic carbocycles. The summed E-state index contributed by atoms with van der Waals surface area (Å²) < 4.78 is 1.92. The molecule has 0 unspecified atom stereocenters. The van der Waals surface area contributed by atoms with Gasteiger partial charge in [0, 0.05) is 17.1 Å². The van der Waals surface area contributed by atoms with E-state index in [0.29, 0.717) is 10.9 Å². The van der Waals surface area contributed by atoms with Crippen LogP contribution in [0, 0.1) is 0 Å². The molecule has 0 aliphatic heterocycles. The molecule has 3 heterocycles. The number of nitrogens with one attached hydrogen (secondary N) is 1. The fourth-order valence-corrected chi connectivity index (χ4v) is 6.75. The van der Waals surface area contributed by atoms with E-state index in [-0.39, 0.29) is 23.1 Å². The lowest BCUT2D eigenvalue weighted by atomic mass is 9.97. The monoisotopic (exact) mass is 413 g/mol. The maximum absolute atomic E-state index is 13.6. The second-order valence-electron chi connectivity index (χ2n) is 7.69. The first-order chi connectivity index (χ1) is 13.7. The molecule has 7 heteroatoms. The van der Waals surface area contributed by atoms with Crippen LogP contribution in [0.5, 0.6) is 0 Å². The maximum atomic E-state index is 13.6. The number of carbonyl (C=O) groups is 1. The topological polar surface area (TPSA) is 67.8 Å². The van der Waals surface area contributed by atoms with Crippen LogP contribution in [-0.4, -0.2) is 26.1 Å². The van der Waals surface area contributed by atoms with Gasteiger partial charge < -0.3 is 4.98 Å². The van der Waals surface area contributed by atoms with Gasteiger partial charge in [0.2, 0.25) is 0 Å². The van der Waals surface area contributed by atoms with Crippen molar-refractivity contribution in [1.29, 1.82) is 0 Å². The first kappa shape index (κ1) is 18.2. The van der Waals surface area contributed by atoms with E-state index in [1.165, 1.54) is 28.6 Å². The lowest BCUT2D eigenvalue weighted by Crippen LogP contribution is -2.27. The number of rotatable bonds is 5. The van der Waals surface area contributed by atoms with E-state index in [2.05, 4.69) is 4.98 Å². The Morgan fingerprint density at radius 3 is 2.86 bits per heavy atom. The van der Waals surface area contributed by atoms with Gasteiger partial charge in [-0.3, -0.25) is 14.2 Å². The Bertz CT molecular complexity index is 1080. The number of hydrogen-bond acceptors (Lipinski definition) is 5. The molecule has 5 nitrogen and oxygen atoms in total. The number of hydrogen-bond donors (Lipinski definition) is 1. The zero-order valence-electron chi connectivity index (χ0n) is 15.7. The van der Waals surface area contributed by atoms with Crippen LogP contribution in [0.3, 0.4) is 0 Å². The SMILES string of the molecule is O=C(CSc1nc2sc3c(c2c(=O)n1C1CCCC1)CCCC3)c1ccc[nH]1. The molecule has 0 spiro atoms. The summed E-state index contributed by atoms with van der Waals surface area (Å²) in [5.74, 6) is 0.323. The van der Waals surface area contributed by atoms with E-state index in [9.17, 15) is 9.59 Å². The summed E-state index contributed by atoms with van der Waals surface area (Å²) in [6.07, 6.45) is 10.5. The number of ketones is 1. The minimum Gasteiger partial charge on any atom is -0.359 e. The van der Waals surface area contributed by atoms with Crippen LogP contribution < -0.4 is 5.56 Å². The second kappa shape index (κ2) is 7.52. The fraction of sp³-hybridized carbons (Fsp3) is 0.476. The van der Waals surface area contributed by atoms with Crippen molar-refractivity contribution in [1.82, 2.24) is 14.5 Å².